The van der Waals surface area contributed by atoms with E-state index in [0.717, 1.165) is 35.5 Å². The molecule has 2 fully saturated rings. The zero-order chi connectivity index (χ0) is 40.9. The maximum atomic E-state index is 10.2. The van der Waals surface area contributed by atoms with E-state index in [2.05, 4.69) is 69.2 Å². The van der Waals surface area contributed by atoms with Crippen LogP contribution >= 0.6 is 0 Å². The fourth-order valence-corrected chi connectivity index (χ4v) is 6.98. The Labute approximate surface area is 330 Å². The number of unbranched alkanes of at least 4 members (excludes halogenated alkanes) is 2. The van der Waals surface area contributed by atoms with Gasteiger partial charge in [0.15, 0.2) is 0 Å². The number of aliphatic hydroxyl groups excluding tert-OH is 2. The van der Waals surface area contributed by atoms with E-state index in [1.54, 1.807) is 0 Å². The molecule has 0 aliphatic heterocycles. The van der Waals surface area contributed by atoms with E-state index in [0.29, 0.717) is 6.61 Å². The topological polar surface area (TPSA) is 58.9 Å². The first-order valence-electron chi connectivity index (χ1n) is 22.7. The minimum absolute atomic E-state index is 0.0168. The Morgan fingerprint density at radius 3 is 1.15 bits per heavy atom. The standard InChI is InChI=1S/C16H34O4.2C9H20.2C7H14/c1-11(13(18)10-19-15(3,4)5)12(2)14(9-17)20-16(6,7)8;2*1-4-6-8-9(3)7-5-2;2*1-6-4-3-5-7(6)2/h11-14,17-18H,9-10H2,1-8H3;2*9H,4-8H2,1-3H3;2*6-7H,3-5H2,1-2H3/t11?,12?,13-,14-;9-;;2*6-,7?/m10.10/s1. The predicted octanol–water partition coefficient (Wildman–Crippen LogP) is 14.7. The van der Waals surface area contributed by atoms with Crippen LogP contribution in [-0.2, 0) is 9.47 Å². The van der Waals surface area contributed by atoms with E-state index in [9.17, 15) is 10.2 Å². The molecule has 0 saturated heterocycles. The van der Waals surface area contributed by atoms with E-state index in [-0.39, 0.29) is 35.7 Å². The normalized spacial score (nSPS) is 23.5. The lowest BCUT2D eigenvalue weighted by atomic mass is 9.86. The van der Waals surface area contributed by atoms with Gasteiger partial charge in [0.2, 0.25) is 0 Å². The van der Waals surface area contributed by atoms with Crippen LogP contribution in [0.4, 0.5) is 0 Å². The lowest BCUT2D eigenvalue weighted by Crippen LogP contribution is -2.41. The molecule has 2 saturated carbocycles. The highest BCUT2D eigenvalue weighted by atomic mass is 16.5. The molecular formula is C48H102O4. The van der Waals surface area contributed by atoms with Crippen LogP contribution in [-0.4, -0.2) is 46.8 Å². The van der Waals surface area contributed by atoms with Gasteiger partial charge in [-0.05, 0) is 88.9 Å². The second kappa shape index (κ2) is 33.0. The lowest BCUT2D eigenvalue weighted by molar-refractivity contribution is -0.128. The molecule has 318 valence electrons. The van der Waals surface area contributed by atoms with Gasteiger partial charge in [0.1, 0.15) is 0 Å². The molecule has 0 bridgehead atoms. The quantitative estimate of drug-likeness (QED) is 0.156. The number of hydrogen-bond donors (Lipinski definition) is 2. The Morgan fingerprint density at radius 1 is 0.558 bits per heavy atom. The molecule has 10 atom stereocenters. The van der Waals surface area contributed by atoms with Gasteiger partial charge < -0.3 is 19.7 Å². The first-order chi connectivity index (χ1) is 24.1. The van der Waals surface area contributed by atoms with E-state index in [4.69, 9.17) is 9.47 Å². The highest BCUT2D eigenvalue weighted by Gasteiger charge is 2.31. The molecule has 0 aromatic heterocycles. The van der Waals surface area contributed by atoms with Crippen LogP contribution in [0.5, 0.6) is 0 Å². The SMILES string of the molecule is CC(C(C)[C@@H](CO)OC(C)(C)C)[C@H](O)COC(C)(C)C.CC1CCC[C@@H]1C.CC1CCC[C@H]1C.CCCCC(C)CCC.CCCC[C@@H](C)CCC. The first kappa shape index (κ1) is 56.2. The van der Waals surface area contributed by atoms with Crippen LogP contribution in [0.2, 0.25) is 0 Å². The Kier molecular flexibility index (Phi) is 35.7. The molecule has 0 heterocycles. The molecule has 2 rings (SSSR count). The molecule has 4 nitrogen and oxygen atoms in total. The van der Waals surface area contributed by atoms with Crippen molar-refractivity contribution in [2.75, 3.05) is 13.2 Å². The van der Waals surface area contributed by atoms with Gasteiger partial charge in [-0.1, -0.05) is 186 Å². The molecule has 0 spiro atoms. The zero-order valence-corrected chi connectivity index (χ0v) is 39.2. The maximum absolute atomic E-state index is 10.2. The summed E-state index contributed by atoms with van der Waals surface area (Å²) in [5.74, 6) is 6.01. The molecule has 0 aromatic carbocycles. The van der Waals surface area contributed by atoms with Crippen LogP contribution in [0.25, 0.3) is 0 Å². The molecule has 52 heavy (non-hydrogen) atoms. The highest BCUT2D eigenvalue weighted by Crippen LogP contribution is 2.31. The van der Waals surface area contributed by atoms with Crippen LogP contribution in [0.3, 0.4) is 0 Å². The van der Waals surface area contributed by atoms with Crippen LogP contribution < -0.4 is 0 Å². The van der Waals surface area contributed by atoms with Crippen molar-refractivity contribution in [3.8, 4) is 0 Å². The van der Waals surface area contributed by atoms with E-state index < -0.39 is 6.10 Å². The third kappa shape index (κ3) is 34.3. The van der Waals surface area contributed by atoms with Crippen LogP contribution in [0.1, 0.15) is 227 Å². The predicted molar refractivity (Wildman–Crippen MR) is 233 cm³/mol. The zero-order valence-electron chi connectivity index (χ0n) is 39.2. The Bertz CT molecular complexity index is 690. The Morgan fingerprint density at radius 2 is 0.923 bits per heavy atom. The van der Waals surface area contributed by atoms with Crippen LogP contribution in [0.15, 0.2) is 0 Å². The van der Waals surface area contributed by atoms with Gasteiger partial charge in [0.25, 0.3) is 0 Å². The third-order valence-electron chi connectivity index (χ3n) is 11.6. The largest absolute Gasteiger partial charge is 0.394 e. The van der Waals surface area contributed by atoms with Gasteiger partial charge in [0, 0.05) is 0 Å². The fourth-order valence-electron chi connectivity index (χ4n) is 6.98. The van der Waals surface area contributed by atoms with E-state index in [1.165, 1.54) is 103 Å². The van der Waals surface area contributed by atoms with Crippen molar-refractivity contribution in [1.82, 2.24) is 0 Å². The highest BCUT2D eigenvalue weighted by molar-refractivity contribution is 4.79. The average Bonchev–Trinajstić information content (AvgIpc) is 3.64. The van der Waals surface area contributed by atoms with Gasteiger partial charge in [-0.3, -0.25) is 0 Å². The van der Waals surface area contributed by atoms with Crippen molar-refractivity contribution in [3.05, 3.63) is 0 Å². The summed E-state index contributed by atoms with van der Waals surface area (Å²) in [6, 6.07) is 0. The lowest BCUT2D eigenvalue weighted by Gasteiger charge is -2.35. The van der Waals surface area contributed by atoms with Crippen molar-refractivity contribution in [2.24, 2.45) is 47.3 Å². The maximum Gasteiger partial charge on any atom is 0.0841 e. The molecule has 0 radical (unpaired) electrons. The van der Waals surface area contributed by atoms with E-state index >= 15 is 0 Å². The Balaban J connectivity index is -0.000000626. The number of rotatable bonds is 17. The van der Waals surface area contributed by atoms with Crippen molar-refractivity contribution < 1.29 is 19.7 Å². The Hall–Kier alpha value is -0.160. The summed E-state index contributed by atoms with van der Waals surface area (Å²) in [7, 11) is 0. The van der Waals surface area contributed by atoms with Gasteiger partial charge in [-0.2, -0.15) is 0 Å². The summed E-state index contributed by atoms with van der Waals surface area (Å²) in [5.41, 5.74) is -0.573. The van der Waals surface area contributed by atoms with Gasteiger partial charge in [-0.25, -0.2) is 0 Å². The summed E-state index contributed by atoms with van der Waals surface area (Å²) in [6.45, 7) is 39.2. The van der Waals surface area contributed by atoms with Gasteiger partial charge in [0.05, 0.1) is 36.6 Å². The number of ether oxygens (including phenoxy) is 2. The number of hydrogen-bond acceptors (Lipinski definition) is 4. The summed E-state index contributed by atoms with van der Waals surface area (Å²) in [6.07, 6.45) is 21.9. The molecule has 0 amide bonds. The van der Waals surface area contributed by atoms with E-state index in [1.807, 2.05) is 55.4 Å². The minimum Gasteiger partial charge on any atom is -0.394 e. The first-order valence-corrected chi connectivity index (χ1v) is 22.7. The molecule has 2 N–H and O–H groups in total. The monoisotopic (exact) mass is 743 g/mol. The molecule has 5 unspecified atom stereocenters. The van der Waals surface area contributed by atoms with Crippen molar-refractivity contribution in [2.45, 2.75) is 251 Å². The summed E-state index contributed by atoms with van der Waals surface area (Å²) < 4.78 is 11.5. The van der Waals surface area contributed by atoms with Crippen molar-refractivity contribution in [3.63, 3.8) is 0 Å². The molecule has 4 heteroatoms. The molecular weight excluding hydrogens is 641 g/mol. The number of aliphatic hydroxyl groups is 2. The summed E-state index contributed by atoms with van der Waals surface area (Å²) >= 11 is 0. The molecule has 2 aliphatic rings. The molecule has 2 aliphatic carbocycles. The smallest absolute Gasteiger partial charge is 0.0841 e. The minimum atomic E-state index is -0.568. The summed E-state index contributed by atoms with van der Waals surface area (Å²) in [4.78, 5) is 0. The third-order valence-corrected chi connectivity index (χ3v) is 11.6. The second-order valence-corrected chi connectivity index (χ2v) is 19.5. The van der Waals surface area contributed by atoms with Crippen LogP contribution in [0, 0.1) is 47.3 Å². The van der Waals surface area contributed by atoms with Gasteiger partial charge in [-0.15, -0.1) is 0 Å². The molecule has 0 aromatic rings. The van der Waals surface area contributed by atoms with Crippen molar-refractivity contribution >= 4 is 0 Å². The summed E-state index contributed by atoms with van der Waals surface area (Å²) in [5, 5.41) is 19.7. The average molecular weight is 743 g/mol. The second-order valence-electron chi connectivity index (χ2n) is 19.5. The van der Waals surface area contributed by atoms with Crippen molar-refractivity contribution in [1.29, 1.82) is 0 Å². The van der Waals surface area contributed by atoms with Gasteiger partial charge >= 0.3 is 0 Å². The fraction of sp³-hybridized carbons (Fsp3) is 1.00.